The highest BCUT2D eigenvalue weighted by Gasteiger charge is 2.24. The summed E-state index contributed by atoms with van der Waals surface area (Å²) in [6, 6.07) is 5.18. The summed E-state index contributed by atoms with van der Waals surface area (Å²) in [6.45, 7) is 6.02. The van der Waals surface area contributed by atoms with E-state index in [1.165, 1.54) is 38.5 Å². The Morgan fingerprint density at radius 3 is 2.50 bits per heavy atom. The zero-order valence-electron chi connectivity index (χ0n) is 19.6. The lowest BCUT2D eigenvalue weighted by Crippen LogP contribution is -2.40. The first-order valence-electron chi connectivity index (χ1n) is 12.2. The second-order valence-electron chi connectivity index (χ2n) is 8.91. The van der Waals surface area contributed by atoms with Crippen LogP contribution in [0, 0.1) is 0 Å². The maximum atomic E-state index is 13.1. The predicted molar refractivity (Wildman–Crippen MR) is 127 cm³/mol. The Kier molecular flexibility index (Phi) is 9.37. The standard InChI is InChI=1S/C24H39N3O4S/c1-3-20-11-6-9-15-26(20)18-10-14-25-32(29,30)21-12-13-23(31-2)22(19-21)24(28)27-16-7-4-5-8-17-27/h12-13,19-20,25H,3-11,14-18H2,1-2H3/t20-/m1/s1. The third kappa shape index (κ3) is 6.45. The summed E-state index contributed by atoms with van der Waals surface area (Å²) in [6.07, 6.45) is 9.86. The van der Waals surface area contributed by atoms with Gasteiger partial charge < -0.3 is 14.5 Å². The molecule has 2 fully saturated rings. The van der Waals surface area contributed by atoms with Crippen molar-refractivity contribution in [2.24, 2.45) is 0 Å². The molecule has 2 heterocycles. The number of benzene rings is 1. The van der Waals surface area contributed by atoms with E-state index in [1.54, 1.807) is 6.07 Å². The Labute approximate surface area is 193 Å². The Balaban J connectivity index is 1.64. The summed E-state index contributed by atoms with van der Waals surface area (Å²) < 4.78 is 33.9. The number of amides is 1. The Bertz CT molecular complexity index is 851. The molecule has 3 rings (SSSR count). The minimum atomic E-state index is -3.70. The van der Waals surface area contributed by atoms with Crippen LogP contribution in [-0.2, 0) is 10.0 Å². The van der Waals surface area contributed by atoms with E-state index in [0.29, 0.717) is 37.0 Å². The third-order valence-corrected chi connectivity index (χ3v) is 8.20. The van der Waals surface area contributed by atoms with Crippen molar-refractivity contribution in [1.82, 2.24) is 14.5 Å². The fourth-order valence-corrected chi connectivity index (χ4v) is 5.95. The number of rotatable bonds is 9. The molecule has 0 aliphatic carbocycles. The summed E-state index contributed by atoms with van der Waals surface area (Å²) in [5, 5.41) is 0. The van der Waals surface area contributed by atoms with Gasteiger partial charge >= 0.3 is 0 Å². The molecule has 0 unspecified atom stereocenters. The molecule has 0 aromatic heterocycles. The number of carbonyl (C=O) groups is 1. The molecule has 1 aromatic carbocycles. The maximum Gasteiger partial charge on any atom is 0.257 e. The summed E-state index contributed by atoms with van der Waals surface area (Å²) in [5.41, 5.74) is 0.316. The fraction of sp³-hybridized carbons (Fsp3) is 0.708. The minimum absolute atomic E-state index is 0.112. The van der Waals surface area contributed by atoms with Gasteiger partial charge in [-0.2, -0.15) is 0 Å². The number of piperidine rings is 1. The van der Waals surface area contributed by atoms with Gasteiger partial charge in [0, 0.05) is 25.7 Å². The molecule has 32 heavy (non-hydrogen) atoms. The maximum absolute atomic E-state index is 13.1. The van der Waals surface area contributed by atoms with Gasteiger partial charge in [0.15, 0.2) is 0 Å². The molecule has 2 saturated heterocycles. The normalized spacial score (nSPS) is 20.7. The van der Waals surface area contributed by atoms with Crippen molar-refractivity contribution in [2.75, 3.05) is 39.8 Å². The number of ether oxygens (including phenoxy) is 1. The van der Waals surface area contributed by atoms with Gasteiger partial charge in [-0.15, -0.1) is 0 Å². The summed E-state index contributed by atoms with van der Waals surface area (Å²) in [7, 11) is -2.19. The van der Waals surface area contributed by atoms with Crippen LogP contribution < -0.4 is 9.46 Å². The molecule has 0 spiro atoms. The monoisotopic (exact) mass is 465 g/mol. The second-order valence-corrected chi connectivity index (χ2v) is 10.7. The molecular formula is C24H39N3O4S. The molecule has 180 valence electrons. The lowest BCUT2D eigenvalue weighted by molar-refractivity contribution is 0.0758. The molecule has 1 amide bonds. The van der Waals surface area contributed by atoms with Crippen LogP contribution >= 0.6 is 0 Å². The zero-order valence-corrected chi connectivity index (χ0v) is 20.5. The molecule has 8 heteroatoms. The van der Waals surface area contributed by atoms with Gasteiger partial charge in [-0.25, -0.2) is 13.1 Å². The smallest absolute Gasteiger partial charge is 0.257 e. The lowest BCUT2D eigenvalue weighted by Gasteiger charge is -2.35. The van der Waals surface area contributed by atoms with Crippen LogP contribution in [0.4, 0.5) is 0 Å². The number of carbonyl (C=O) groups excluding carboxylic acids is 1. The van der Waals surface area contributed by atoms with E-state index in [-0.39, 0.29) is 10.8 Å². The zero-order chi connectivity index (χ0) is 23.0. The first kappa shape index (κ1) is 25.0. The third-order valence-electron chi connectivity index (χ3n) is 6.74. The molecular weight excluding hydrogens is 426 g/mol. The first-order valence-corrected chi connectivity index (χ1v) is 13.7. The van der Waals surface area contributed by atoms with Gasteiger partial charge in [0.05, 0.1) is 17.6 Å². The summed E-state index contributed by atoms with van der Waals surface area (Å²) >= 11 is 0. The number of likely N-dealkylation sites (tertiary alicyclic amines) is 2. The highest BCUT2D eigenvalue weighted by Crippen LogP contribution is 2.25. The second kappa shape index (κ2) is 12.0. The number of nitrogens with zero attached hydrogens (tertiary/aromatic N) is 2. The lowest BCUT2D eigenvalue weighted by atomic mass is 10.00. The Morgan fingerprint density at radius 2 is 1.81 bits per heavy atom. The van der Waals surface area contributed by atoms with Gasteiger partial charge in [0.25, 0.3) is 5.91 Å². The van der Waals surface area contributed by atoms with Crippen molar-refractivity contribution < 1.29 is 17.9 Å². The van der Waals surface area contributed by atoms with Crippen LogP contribution in [0.1, 0.15) is 75.1 Å². The van der Waals surface area contributed by atoms with Crippen molar-refractivity contribution in [3.8, 4) is 5.75 Å². The van der Waals surface area contributed by atoms with Gasteiger partial charge in [0.1, 0.15) is 5.75 Å². The van der Waals surface area contributed by atoms with Crippen LogP contribution in [0.3, 0.4) is 0 Å². The van der Waals surface area contributed by atoms with E-state index in [0.717, 1.165) is 51.6 Å². The van der Waals surface area contributed by atoms with Crippen LogP contribution in [-0.4, -0.2) is 70.0 Å². The Morgan fingerprint density at radius 1 is 1.09 bits per heavy atom. The fourth-order valence-electron chi connectivity index (χ4n) is 4.85. The number of nitrogens with one attached hydrogen (secondary N) is 1. The van der Waals surface area contributed by atoms with E-state index >= 15 is 0 Å². The van der Waals surface area contributed by atoms with Gasteiger partial charge in [0.2, 0.25) is 10.0 Å². The molecule has 2 aliphatic heterocycles. The van der Waals surface area contributed by atoms with Crippen molar-refractivity contribution >= 4 is 15.9 Å². The van der Waals surface area contributed by atoms with Crippen LogP contribution in [0.2, 0.25) is 0 Å². The molecule has 1 N–H and O–H groups in total. The summed E-state index contributed by atoms with van der Waals surface area (Å²) in [5.74, 6) is 0.255. The minimum Gasteiger partial charge on any atom is -0.496 e. The van der Waals surface area contributed by atoms with E-state index in [9.17, 15) is 13.2 Å². The first-order chi connectivity index (χ1) is 15.5. The van der Waals surface area contributed by atoms with Crippen molar-refractivity contribution in [1.29, 1.82) is 0 Å². The average Bonchev–Trinajstić information content (AvgIpc) is 3.11. The molecule has 2 aliphatic rings. The molecule has 0 saturated carbocycles. The number of hydrogen-bond donors (Lipinski definition) is 1. The average molecular weight is 466 g/mol. The van der Waals surface area contributed by atoms with Crippen molar-refractivity contribution in [2.45, 2.75) is 75.6 Å². The summed E-state index contributed by atoms with van der Waals surface area (Å²) in [4.78, 5) is 17.5. The van der Waals surface area contributed by atoms with E-state index in [4.69, 9.17) is 4.74 Å². The SMILES string of the molecule is CC[C@@H]1CCCCN1CCCNS(=O)(=O)c1ccc(OC)c(C(=O)N2CCCCCC2)c1. The van der Waals surface area contributed by atoms with E-state index < -0.39 is 10.0 Å². The quantitative estimate of drug-likeness (QED) is 0.563. The highest BCUT2D eigenvalue weighted by atomic mass is 32.2. The van der Waals surface area contributed by atoms with Gasteiger partial charge in [-0.3, -0.25) is 4.79 Å². The number of methoxy groups -OCH3 is 1. The molecule has 0 radical (unpaired) electrons. The van der Waals surface area contributed by atoms with Crippen LogP contribution in [0.5, 0.6) is 5.75 Å². The highest BCUT2D eigenvalue weighted by molar-refractivity contribution is 7.89. The molecule has 7 nitrogen and oxygen atoms in total. The molecule has 1 aromatic rings. The van der Waals surface area contributed by atoms with E-state index in [1.807, 2.05) is 4.90 Å². The van der Waals surface area contributed by atoms with Crippen molar-refractivity contribution in [3.63, 3.8) is 0 Å². The van der Waals surface area contributed by atoms with Crippen LogP contribution in [0.15, 0.2) is 23.1 Å². The topological polar surface area (TPSA) is 79.0 Å². The number of sulfonamides is 1. The predicted octanol–water partition coefficient (Wildman–Crippen LogP) is 3.64. The molecule has 0 bridgehead atoms. The largest absolute Gasteiger partial charge is 0.496 e. The Hall–Kier alpha value is -1.64. The van der Waals surface area contributed by atoms with Crippen molar-refractivity contribution in [3.05, 3.63) is 23.8 Å². The van der Waals surface area contributed by atoms with Gasteiger partial charge in [-0.1, -0.05) is 26.2 Å². The van der Waals surface area contributed by atoms with Gasteiger partial charge in [-0.05, 0) is 69.8 Å². The molecule has 1 atom stereocenters. The van der Waals surface area contributed by atoms with E-state index in [2.05, 4.69) is 16.5 Å². The van der Waals surface area contributed by atoms with Crippen LogP contribution in [0.25, 0.3) is 0 Å². The number of hydrogen-bond acceptors (Lipinski definition) is 5.